The summed E-state index contributed by atoms with van der Waals surface area (Å²) in [6.45, 7) is 0.0295. The van der Waals surface area contributed by atoms with Crippen molar-refractivity contribution in [1.29, 1.82) is 0 Å². The van der Waals surface area contributed by atoms with Crippen LogP contribution < -0.4 is 0 Å². The molecule has 0 aliphatic heterocycles. The molecular formula is C6H5Br2NO. The van der Waals surface area contributed by atoms with Crippen LogP contribution in [-0.2, 0) is 6.61 Å². The van der Waals surface area contributed by atoms with Gasteiger partial charge in [0.25, 0.3) is 0 Å². The minimum absolute atomic E-state index is 0.0295. The molecule has 0 unspecified atom stereocenters. The maximum atomic E-state index is 8.76. The maximum Gasteiger partial charge on any atom is 0.120 e. The summed E-state index contributed by atoms with van der Waals surface area (Å²) in [6.07, 6.45) is 1.64. The molecule has 0 bridgehead atoms. The highest BCUT2D eigenvalue weighted by molar-refractivity contribution is 9.13. The number of pyridine rings is 1. The third-order valence-corrected chi connectivity index (χ3v) is 3.12. The van der Waals surface area contributed by atoms with Crippen LogP contribution in [0.3, 0.4) is 0 Å². The zero-order chi connectivity index (χ0) is 7.56. The van der Waals surface area contributed by atoms with Crippen molar-refractivity contribution in [2.24, 2.45) is 0 Å². The van der Waals surface area contributed by atoms with Crippen LogP contribution in [0.15, 0.2) is 21.3 Å². The molecule has 0 amide bonds. The van der Waals surface area contributed by atoms with Crippen LogP contribution in [0.4, 0.5) is 0 Å². The first-order chi connectivity index (χ1) is 4.75. The Balaban J connectivity index is 3.14. The molecule has 0 aliphatic rings. The minimum atomic E-state index is 0.0295. The minimum Gasteiger partial charge on any atom is -0.392 e. The molecule has 0 aromatic carbocycles. The first-order valence-electron chi connectivity index (χ1n) is 2.65. The number of halogens is 2. The van der Waals surface area contributed by atoms with E-state index in [1.807, 2.05) is 0 Å². The van der Waals surface area contributed by atoms with Gasteiger partial charge in [-0.3, -0.25) is 0 Å². The van der Waals surface area contributed by atoms with E-state index in [0.717, 1.165) is 14.6 Å². The average molecular weight is 267 g/mol. The summed E-state index contributed by atoms with van der Waals surface area (Å²) in [5, 5.41) is 8.76. The Labute approximate surface area is 75.5 Å². The Kier molecular flexibility index (Phi) is 2.82. The van der Waals surface area contributed by atoms with Gasteiger partial charge < -0.3 is 5.11 Å². The lowest BCUT2D eigenvalue weighted by molar-refractivity contribution is 0.281. The number of nitrogens with zero attached hydrogens (tertiary/aromatic N) is 1. The second-order valence-corrected chi connectivity index (χ2v) is 3.28. The lowest BCUT2D eigenvalue weighted by Crippen LogP contribution is -1.87. The fraction of sp³-hybridized carbons (Fsp3) is 0.167. The Bertz CT molecular complexity index is 239. The molecule has 10 heavy (non-hydrogen) atoms. The van der Waals surface area contributed by atoms with Gasteiger partial charge in [0.05, 0.1) is 11.1 Å². The summed E-state index contributed by atoms with van der Waals surface area (Å²) < 4.78 is 1.54. The molecule has 1 rings (SSSR count). The van der Waals surface area contributed by atoms with Crippen LogP contribution in [0.25, 0.3) is 0 Å². The fourth-order valence-corrected chi connectivity index (χ4v) is 1.31. The van der Waals surface area contributed by atoms with Gasteiger partial charge in [-0.2, -0.15) is 0 Å². The van der Waals surface area contributed by atoms with Crippen molar-refractivity contribution in [3.8, 4) is 0 Å². The predicted molar refractivity (Wildman–Crippen MR) is 45.6 cm³/mol. The van der Waals surface area contributed by atoms with Crippen molar-refractivity contribution in [1.82, 2.24) is 4.98 Å². The molecule has 2 nitrogen and oxygen atoms in total. The van der Waals surface area contributed by atoms with Crippen LogP contribution in [0.2, 0.25) is 0 Å². The summed E-state index contributed by atoms with van der Waals surface area (Å²) in [6, 6.07) is 1.76. The summed E-state index contributed by atoms with van der Waals surface area (Å²) in [7, 11) is 0. The van der Waals surface area contributed by atoms with E-state index in [4.69, 9.17) is 5.11 Å². The second-order valence-electron chi connectivity index (χ2n) is 1.73. The van der Waals surface area contributed by atoms with Gasteiger partial charge in [-0.25, -0.2) is 4.98 Å². The number of rotatable bonds is 1. The Morgan fingerprint density at radius 1 is 1.50 bits per heavy atom. The summed E-state index contributed by atoms with van der Waals surface area (Å²) >= 11 is 6.49. The van der Waals surface area contributed by atoms with Gasteiger partial charge in [-0.05, 0) is 43.5 Å². The Morgan fingerprint density at radius 2 is 2.20 bits per heavy atom. The van der Waals surface area contributed by atoms with Crippen LogP contribution in [-0.4, -0.2) is 10.1 Å². The van der Waals surface area contributed by atoms with Crippen molar-refractivity contribution in [3.05, 3.63) is 26.9 Å². The van der Waals surface area contributed by atoms with Crippen molar-refractivity contribution in [2.45, 2.75) is 6.61 Å². The third kappa shape index (κ3) is 1.56. The van der Waals surface area contributed by atoms with E-state index in [1.165, 1.54) is 0 Å². The topological polar surface area (TPSA) is 33.1 Å². The summed E-state index contributed by atoms with van der Waals surface area (Å²) in [5.41, 5.74) is 0.835. The van der Waals surface area contributed by atoms with Crippen molar-refractivity contribution in [3.63, 3.8) is 0 Å². The van der Waals surface area contributed by atoms with Gasteiger partial charge in [0.2, 0.25) is 0 Å². The van der Waals surface area contributed by atoms with Crippen molar-refractivity contribution in [2.75, 3.05) is 0 Å². The van der Waals surface area contributed by atoms with E-state index in [0.29, 0.717) is 0 Å². The lowest BCUT2D eigenvalue weighted by atomic mass is 10.3. The number of aliphatic hydroxyl groups excluding tert-OH is 1. The highest BCUT2D eigenvalue weighted by Crippen LogP contribution is 2.23. The molecule has 0 radical (unpaired) electrons. The third-order valence-electron chi connectivity index (χ3n) is 1.10. The van der Waals surface area contributed by atoms with E-state index in [-0.39, 0.29) is 6.61 Å². The number of aromatic nitrogens is 1. The molecule has 0 atom stereocenters. The van der Waals surface area contributed by atoms with Gasteiger partial charge in [-0.1, -0.05) is 0 Å². The molecule has 0 saturated heterocycles. The molecule has 0 spiro atoms. The predicted octanol–water partition coefficient (Wildman–Crippen LogP) is 2.10. The largest absolute Gasteiger partial charge is 0.392 e. The normalized spacial score (nSPS) is 9.90. The standard InChI is InChI=1S/C6H5Br2NO/c7-5-4(3-10)1-2-9-6(5)8/h1-2,10H,3H2. The highest BCUT2D eigenvalue weighted by Gasteiger charge is 2.01. The van der Waals surface area contributed by atoms with Crippen LogP contribution >= 0.6 is 31.9 Å². The molecule has 0 fully saturated rings. The molecule has 1 heterocycles. The summed E-state index contributed by atoms with van der Waals surface area (Å²) in [4.78, 5) is 3.95. The van der Waals surface area contributed by atoms with Crippen LogP contribution in [0.1, 0.15) is 5.56 Å². The van der Waals surface area contributed by atoms with Crippen molar-refractivity contribution >= 4 is 31.9 Å². The quantitative estimate of drug-likeness (QED) is 0.790. The molecule has 54 valence electrons. The van der Waals surface area contributed by atoms with E-state index >= 15 is 0 Å². The fourth-order valence-electron chi connectivity index (χ4n) is 0.577. The number of aliphatic hydroxyl groups is 1. The van der Waals surface area contributed by atoms with E-state index in [2.05, 4.69) is 36.8 Å². The van der Waals surface area contributed by atoms with Crippen LogP contribution in [0.5, 0.6) is 0 Å². The second kappa shape index (κ2) is 3.46. The average Bonchev–Trinajstić information content (AvgIpc) is 1.95. The van der Waals surface area contributed by atoms with Gasteiger partial charge in [-0.15, -0.1) is 0 Å². The molecule has 1 aromatic heterocycles. The SMILES string of the molecule is OCc1ccnc(Br)c1Br. The Hall–Kier alpha value is 0.0700. The van der Waals surface area contributed by atoms with E-state index in [1.54, 1.807) is 12.3 Å². The molecule has 0 saturated carbocycles. The molecule has 1 N–H and O–H groups in total. The van der Waals surface area contributed by atoms with Gasteiger partial charge in [0.15, 0.2) is 0 Å². The number of hydrogen-bond donors (Lipinski definition) is 1. The van der Waals surface area contributed by atoms with Crippen LogP contribution in [0, 0.1) is 0 Å². The van der Waals surface area contributed by atoms with E-state index < -0.39 is 0 Å². The zero-order valence-corrected chi connectivity index (χ0v) is 8.18. The summed E-state index contributed by atoms with van der Waals surface area (Å²) in [5.74, 6) is 0. The molecular weight excluding hydrogens is 262 g/mol. The first kappa shape index (κ1) is 8.17. The smallest absolute Gasteiger partial charge is 0.120 e. The molecule has 0 aliphatic carbocycles. The maximum absolute atomic E-state index is 8.76. The van der Waals surface area contributed by atoms with E-state index in [9.17, 15) is 0 Å². The van der Waals surface area contributed by atoms with Gasteiger partial charge in [0, 0.05) is 6.20 Å². The van der Waals surface area contributed by atoms with Crippen molar-refractivity contribution < 1.29 is 5.11 Å². The lowest BCUT2D eigenvalue weighted by Gasteiger charge is -1.99. The molecule has 1 aromatic rings. The molecule has 4 heteroatoms. The van der Waals surface area contributed by atoms with Gasteiger partial charge in [0.1, 0.15) is 4.60 Å². The highest BCUT2D eigenvalue weighted by atomic mass is 79.9. The zero-order valence-electron chi connectivity index (χ0n) is 5.01. The van der Waals surface area contributed by atoms with Gasteiger partial charge >= 0.3 is 0 Å². The Morgan fingerprint density at radius 3 is 2.70 bits per heavy atom. The monoisotopic (exact) mass is 265 g/mol. The number of hydrogen-bond acceptors (Lipinski definition) is 2. The first-order valence-corrected chi connectivity index (χ1v) is 4.24.